The number of carbonyl (C=O) groups is 1. The number of hydrogen-bond donors (Lipinski definition) is 0. The van der Waals surface area contributed by atoms with Gasteiger partial charge in [-0.1, -0.05) is 12.1 Å². The molecule has 32 heavy (non-hydrogen) atoms. The van der Waals surface area contributed by atoms with Crippen molar-refractivity contribution < 1.29 is 36.9 Å². The third kappa shape index (κ3) is 4.21. The van der Waals surface area contributed by atoms with Crippen LogP contribution < -0.4 is 14.2 Å². The highest BCUT2D eigenvalue weighted by Gasteiger charge is 2.52. The van der Waals surface area contributed by atoms with Crippen LogP contribution >= 0.6 is 0 Å². The number of ether oxygens (including phenoxy) is 4. The van der Waals surface area contributed by atoms with Crippen molar-refractivity contribution in [3.05, 3.63) is 53.6 Å². The number of para-hydroxylation sites is 1. The second-order valence-corrected chi connectivity index (χ2v) is 7.71. The van der Waals surface area contributed by atoms with E-state index in [0.29, 0.717) is 30.2 Å². The Morgan fingerprint density at radius 3 is 2.44 bits per heavy atom. The van der Waals surface area contributed by atoms with Crippen molar-refractivity contribution in [2.24, 2.45) is 0 Å². The lowest BCUT2D eigenvalue weighted by molar-refractivity contribution is -0.167. The SMILES string of the molecule is COc1cccc(C2C(Oc3ccc(C(F)(F)F)cc3)C(=O)N2CC2CCCO2)c1OC. The van der Waals surface area contributed by atoms with Crippen LogP contribution in [0.15, 0.2) is 42.5 Å². The molecule has 4 rings (SSSR count). The summed E-state index contributed by atoms with van der Waals surface area (Å²) in [5.74, 6) is 0.913. The predicted molar refractivity (Wildman–Crippen MR) is 109 cm³/mol. The molecule has 2 heterocycles. The van der Waals surface area contributed by atoms with Gasteiger partial charge < -0.3 is 23.8 Å². The fraction of sp³-hybridized carbons (Fsp3) is 0.435. The van der Waals surface area contributed by atoms with Crippen LogP contribution in [0.3, 0.4) is 0 Å². The predicted octanol–water partition coefficient (Wildman–Crippen LogP) is 4.23. The first-order valence-corrected chi connectivity index (χ1v) is 10.3. The fourth-order valence-electron chi connectivity index (χ4n) is 4.19. The zero-order valence-corrected chi connectivity index (χ0v) is 17.7. The molecule has 0 saturated carbocycles. The zero-order chi connectivity index (χ0) is 22.9. The fourth-order valence-corrected chi connectivity index (χ4v) is 4.19. The first kappa shape index (κ1) is 22.3. The van der Waals surface area contributed by atoms with E-state index in [2.05, 4.69) is 0 Å². The maximum atomic E-state index is 13.0. The number of hydrogen-bond acceptors (Lipinski definition) is 5. The summed E-state index contributed by atoms with van der Waals surface area (Å²) in [5.41, 5.74) is -0.0860. The Labute approximate surface area is 183 Å². The van der Waals surface area contributed by atoms with Crippen LogP contribution in [0.25, 0.3) is 0 Å². The molecular weight excluding hydrogens is 427 g/mol. The van der Waals surface area contributed by atoms with Gasteiger partial charge in [0, 0.05) is 18.7 Å². The van der Waals surface area contributed by atoms with Gasteiger partial charge in [-0.15, -0.1) is 0 Å². The molecule has 1 amide bonds. The Hall–Kier alpha value is -2.94. The van der Waals surface area contributed by atoms with Crippen LogP contribution in [-0.4, -0.2) is 50.4 Å². The number of rotatable bonds is 7. The maximum absolute atomic E-state index is 13.0. The average Bonchev–Trinajstić information content (AvgIpc) is 3.30. The van der Waals surface area contributed by atoms with E-state index in [-0.39, 0.29) is 17.8 Å². The summed E-state index contributed by atoms with van der Waals surface area (Å²) in [4.78, 5) is 14.7. The summed E-state index contributed by atoms with van der Waals surface area (Å²) in [7, 11) is 3.03. The topological polar surface area (TPSA) is 57.2 Å². The lowest BCUT2D eigenvalue weighted by Crippen LogP contribution is -2.62. The van der Waals surface area contributed by atoms with Crippen LogP contribution in [-0.2, 0) is 15.7 Å². The molecule has 6 nitrogen and oxygen atoms in total. The number of halogens is 3. The Morgan fingerprint density at radius 1 is 1.09 bits per heavy atom. The van der Waals surface area contributed by atoms with E-state index < -0.39 is 23.9 Å². The molecule has 2 saturated heterocycles. The minimum Gasteiger partial charge on any atom is -0.493 e. The molecule has 2 aromatic carbocycles. The number of carbonyl (C=O) groups excluding carboxylic acids is 1. The van der Waals surface area contributed by atoms with E-state index in [1.807, 2.05) is 6.07 Å². The Kier molecular flexibility index (Phi) is 6.19. The third-order valence-electron chi connectivity index (χ3n) is 5.77. The van der Waals surface area contributed by atoms with Crippen LogP contribution in [0.4, 0.5) is 13.2 Å². The van der Waals surface area contributed by atoms with Gasteiger partial charge in [-0.2, -0.15) is 13.2 Å². The Balaban J connectivity index is 1.63. The molecule has 3 atom stereocenters. The van der Waals surface area contributed by atoms with Gasteiger partial charge >= 0.3 is 6.18 Å². The van der Waals surface area contributed by atoms with Crippen molar-refractivity contribution in [2.45, 2.75) is 37.3 Å². The lowest BCUT2D eigenvalue weighted by Gasteiger charge is -2.47. The monoisotopic (exact) mass is 451 g/mol. The second-order valence-electron chi connectivity index (χ2n) is 7.71. The highest BCUT2D eigenvalue weighted by molar-refractivity contribution is 5.89. The minimum atomic E-state index is -4.45. The van der Waals surface area contributed by atoms with Gasteiger partial charge in [-0.05, 0) is 43.2 Å². The summed E-state index contributed by atoms with van der Waals surface area (Å²) < 4.78 is 61.1. The highest BCUT2D eigenvalue weighted by Crippen LogP contribution is 2.45. The summed E-state index contributed by atoms with van der Waals surface area (Å²) in [6.07, 6.45) is -3.62. The van der Waals surface area contributed by atoms with Crippen molar-refractivity contribution >= 4 is 5.91 Å². The molecular formula is C23H24F3NO5. The van der Waals surface area contributed by atoms with Gasteiger partial charge in [0.25, 0.3) is 5.91 Å². The van der Waals surface area contributed by atoms with Crippen molar-refractivity contribution in [3.8, 4) is 17.2 Å². The largest absolute Gasteiger partial charge is 0.493 e. The normalized spacial score (nSPS) is 23.1. The van der Waals surface area contributed by atoms with Crippen LogP contribution in [0.1, 0.15) is 30.0 Å². The summed E-state index contributed by atoms with van der Waals surface area (Å²) in [6, 6.07) is 9.17. The number of likely N-dealkylation sites (tertiary alicyclic amines) is 1. The van der Waals surface area contributed by atoms with E-state index in [1.165, 1.54) is 26.4 Å². The van der Waals surface area contributed by atoms with E-state index in [0.717, 1.165) is 25.0 Å². The van der Waals surface area contributed by atoms with Crippen molar-refractivity contribution in [3.63, 3.8) is 0 Å². The summed E-state index contributed by atoms with van der Waals surface area (Å²) >= 11 is 0. The lowest BCUT2D eigenvalue weighted by atomic mass is 9.89. The molecule has 3 unspecified atom stereocenters. The van der Waals surface area contributed by atoms with Gasteiger partial charge in [-0.25, -0.2) is 0 Å². The van der Waals surface area contributed by atoms with E-state index in [4.69, 9.17) is 18.9 Å². The van der Waals surface area contributed by atoms with E-state index >= 15 is 0 Å². The molecule has 172 valence electrons. The first-order chi connectivity index (χ1) is 15.3. The number of benzene rings is 2. The summed E-state index contributed by atoms with van der Waals surface area (Å²) in [5, 5.41) is 0. The molecule has 9 heteroatoms. The number of methoxy groups -OCH3 is 2. The number of alkyl halides is 3. The summed E-state index contributed by atoms with van der Waals surface area (Å²) in [6.45, 7) is 1.06. The first-order valence-electron chi connectivity index (χ1n) is 10.3. The van der Waals surface area contributed by atoms with Gasteiger partial charge in [-0.3, -0.25) is 4.79 Å². The molecule has 2 aliphatic heterocycles. The second kappa shape index (κ2) is 8.90. The molecule has 2 fully saturated rings. The number of β-lactam (4-membered cyclic amide) rings is 1. The molecule has 0 aromatic heterocycles. The molecule has 2 aliphatic rings. The van der Waals surface area contributed by atoms with Crippen molar-refractivity contribution in [1.82, 2.24) is 4.90 Å². The minimum absolute atomic E-state index is 0.0647. The van der Waals surface area contributed by atoms with Crippen LogP contribution in [0.2, 0.25) is 0 Å². The molecule has 0 bridgehead atoms. The average molecular weight is 451 g/mol. The Morgan fingerprint density at radius 2 is 1.84 bits per heavy atom. The van der Waals surface area contributed by atoms with Gasteiger partial charge in [0.2, 0.25) is 6.10 Å². The van der Waals surface area contributed by atoms with Gasteiger partial charge in [0.1, 0.15) is 11.8 Å². The van der Waals surface area contributed by atoms with E-state index in [1.54, 1.807) is 17.0 Å². The number of amides is 1. The molecule has 2 aromatic rings. The Bertz CT molecular complexity index is 957. The van der Waals surface area contributed by atoms with Gasteiger partial charge in [0.15, 0.2) is 11.5 Å². The maximum Gasteiger partial charge on any atom is 0.416 e. The van der Waals surface area contributed by atoms with Crippen molar-refractivity contribution in [1.29, 1.82) is 0 Å². The van der Waals surface area contributed by atoms with E-state index in [9.17, 15) is 18.0 Å². The van der Waals surface area contributed by atoms with Crippen LogP contribution in [0, 0.1) is 0 Å². The molecule has 0 radical (unpaired) electrons. The van der Waals surface area contributed by atoms with Crippen LogP contribution in [0.5, 0.6) is 17.2 Å². The highest BCUT2D eigenvalue weighted by atomic mass is 19.4. The quantitative estimate of drug-likeness (QED) is 0.590. The smallest absolute Gasteiger partial charge is 0.416 e. The molecule has 0 spiro atoms. The molecule has 0 N–H and O–H groups in total. The third-order valence-corrected chi connectivity index (χ3v) is 5.77. The standard InChI is InChI=1S/C23H24F3NO5/c1-29-18-7-3-6-17(20(18)30-2)19-21(22(28)27(19)13-16-5-4-12-31-16)32-15-10-8-14(9-11-15)23(24,25)26/h3,6-11,16,19,21H,4-5,12-13H2,1-2H3. The van der Waals surface area contributed by atoms with Crippen molar-refractivity contribution in [2.75, 3.05) is 27.4 Å². The van der Waals surface area contributed by atoms with Gasteiger partial charge in [0.05, 0.1) is 25.9 Å². The zero-order valence-electron chi connectivity index (χ0n) is 17.7. The number of nitrogens with zero attached hydrogens (tertiary/aromatic N) is 1. The molecule has 0 aliphatic carbocycles.